The molecule has 1 aromatic rings. The Hall–Kier alpha value is -1.44. The molecule has 2 atom stereocenters. The van der Waals surface area contributed by atoms with Gasteiger partial charge in [-0.2, -0.15) is 4.98 Å². The molecule has 3 saturated heterocycles. The molecule has 1 aromatic heterocycles. The Kier molecular flexibility index (Phi) is 6.12. The van der Waals surface area contributed by atoms with Gasteiger partial charge in [-0.25, -0.2) is 4.98 Å². The minimum atomic E-state index is 0.379. The average molecular weight is 435 g/mol. The van der Waals surface area contributed by atoms with Gasteiger partial charge in [0.1, 0.15) is 11.0 Å². The Labute approximate surface area is 182 Å². The summed E-state index contributed by atoms with van der Waals surface area (Å²) in [7, 11) is 0. The van der Waals surface area contributed by atoms with Crippen LogP contribution in [0.4, 0.5) is 0 Å². The van der Waals surface area contributed by atoms with Crippen molar-refractivity contribution in [1.82, 2.24) is 20.2 Å². The summed E-state index contributed by atoms with van der Waals surface area (Å²) in [4.78, 5) is 23.9. The number of rotatable bonds is 8. The fourth-order valence-electron chi connectivity index (χ4n) is 5.04. The molecule has 4 fully saturated rings. The van der Waals surface area contributed by atoms with E-state index in [2.05, 4.69) is 20.2 Å². The van der Waals surface area contributed by atoms with Crippen LogP contribution in [0, 0.1) is 11.8 Å². The van der Waals surface area contributed by atoms with Crippen molar-refractivity contribution in [3.8, 4) is 5.88 Å². The number of halogens is 1. The van der Waals surface area contributed by atoms with Gasteiger partial charge in [0.05, 0.1) is 26.4 Å². The Morgan fingerprint density at radius 2 is 1.93 bits per heavy atom. The predicted molar refractivity (Wildman–Crippen MR) is 112 cm³/mol. The quantitative estimate of drug-likeness (QED) is 0.634. The first kappa shape index (κ1) is 20.5. The van der Waals surface area contributed by atoms with Crippen molar-refractivity contribution in [2.45, 2.75) is 76.0 Å². The van der Waals surface area contributed by atoms with Gasteiger partial charge in [-0.15, -0.1) is 0 Å². The van der Waals surface area contributed by atoms with Crippen LogP contribution in [-0.2, 0) is 16.1 Å². The van der Waals surface area contributed by atoms with E-state index >= 15 is 0 Å². The van der Waals surface area contributed by atoms with Crippen molar-refractivity contribution in [2.75, 3.05) is 19.8 Å². The molecule has 4 aliphatic rings. The molecule has 3 aliphatic heterocycles. The standard InChI is InChI=1S/C22H31ClN4O3/c23-19-9-21(30-13-15-11-29-12-15)26-20(25-19)10-24-16-7-17-2-1-3-18(8-16)27(17)22(28)6-14-4-5-14/h9,14-18,24H,1-8,10-13H2. The largest absolute Gasteiger partial charge is 0.477 e. The zero-order valence-corrected chi connectivity index (χ0v) is 18.1. The summed E-state index contributed by atoms with van der Waals surface area (Å²) in [6, 6.07) is 2.80. The second-order valence-corrected chi connectivity index (χ2v) is 9.78. The lowest BCUT2D eigenvalue weighted by Crippen LogP contribution is -2.58. The number of amides is 1. The normalized spacial score (nSPS) is 28.8. The molecule has 0 spiro atoms. The maximum absolute atomic E-state index is 12.8. The zero-order valence-electron chi connectivity index (χ0n) is 17.4. The second-order valence-electron chi connectivity index (χ2n) is 9.40. The molecule has 2 unspecified atom stereocenters. The molecule has 0 aromatic carbocycles. The lowest BCUT2D eigenvalue weighted by atomic mass is 9.81. The molecule has 8 heteroatoms. The number of nitrogens with zero attached hydrogens (tertiary/aromatic N) is 3. The highest BCUT2D eigenvalue weighted by Crippen LogP contribution is 2.38. The molecule has 30 heavy (non-hydrogen) atoms. The van der Waals surface area contributed by atoms with E-state index < -0.39 is 0 Å². The topological polar surface area (TPSA) is 76.6 Å². The maximum Gasteiger partial charge on any atom is 0.223 e. The van der Waals surface area contributed by atoms with Crippen molar-refractivity contribution in [3.05, 3.63) is 17.0 Å². The third kappa shape index (κ3) is 4.89. The first-order valence-corrected chi connectivity index (χ1v) is 11.8. The summed E-state index contributed by atoms with van der Waals surface area (Å²) in [5, 5.41) is 4.03. The minimum Gasteiger partial charge on any atom is -0.477 e. The SMILES string of the molecule is O=C(CC1CC1)N1C2CCCC1CC(NCc1nc(Cl)cc(OCC3COC3)n1)C2. The molecule has 1 saturated carbocycles. The number of aromatic nitrogens is 2. The van der Waals surface area contributed by atoms with Crippen LogP contribution in [0.15, 0.2) is 6.07 Å². The van der Waals surface area contributed by atoms with E-state index in [9.17, 15) is 4.79 Å². The Morgan fingerprint density at radius 1 is 1.17 bits per heavy atom. The Morgan fingerprint density at radius 3 is 2.60 bits per heavy atom. The number of piperidine rings is 2. The van der Waals surface area contributed by atoms with Crippen molar-refractivity contribution in [1.29, 1.82) is 0 Å². The Balaban J connectivity index is 1.16. The lowest BCUT2D eigenvalue weighted by molar-refractivity contribution is -0.141. The molecule has 7 nitrogen and oxygen atoms in total. The highest BCUT2D eigenvalue weighted by Gasteiger charge is 2.41. The van der Waals surface area contributed by atoms with E-state index in [0.717, 1.165) is 45.3 Å². The van der Waals surface area contributed by atoms with Crippen molar-refractivity contribution in [2.24, 2.45) is 11.8 Å². The van der Waals surface area contributed by atoms with Gasteiger partial charge in [-0.1, -0.05) is 11.6 Å². The molecule has 2 bridgehead atoms. The molecular formula is C22H31ClN4O3. The Bertz CT molecular complexity index is 757. The molecule has 0 radical (unpaired) electrons. The third-order valence-electron chi connectivity index (χ3n) is 6.86. The first-order valence-electron chi connectivity index (χ1n) is 11.4. The molecular weight excluding hydrogens is 404 g/mol. The highest BCUT2D eigenvalue weighted by molar-refractivity contribution is 6.29. The van der Waals surface area contributed by atoms with Crippen LogP contribution in [-0.4, -0.2) is 58.7 Å². The zero-order chi connectivity index (χ0) is 20.5. The molecule has 1 aliphatic carbocycles. The molecule has 1 N–H and O–H groups in total. The summed E-state index contributed by atoms with van der Waals surface area (Å²) in [6.45, 7) is 2.65. The monoisotopic (exact) mass is 434 g/mol. The van der Waals surface area contributed by atoms with Crippen LogP contribution < -0.4 is 10.1 Å². The van der Waals surface area contributed by atoms with Gasteiger partial charge in [0.2, 0.25) is 11.8 Å². The first-order chi connectivity index (χ1) is 14.6. The third-order valence-corrected chi connectivity index (χ3v) is 7.06. The molecule has 164 valence electrons. The molecule has 5 rings (SSSR count). The van der Waals surface area contributed by atoms with E-state index in [1.165, 1.54) is 19.3 Å². The second kappa shape index (κ2) is 8.97. The summed E-state index contributed by atoms with van der Waals surface area (Å²) >= 11 is 6.19. The number of hydrogen-bond acceptors (Lipinski definition) is 6. The summed E-state index contributed by atoms with van der Waals surface area (Å²) in [6.07, 6.45) is 8.74. The summed E-state index contributed by atoms with van der Waals surface area (Å²) < 4.78 is 11.0. The van der Waals surface area contributed by atoms with Gasteiger partial charge in [-0.3, -0.25) is 4.79 Å². The van der Waals surface area contributed by atoms with Crippen molar-refractivity contribution >= 4 is 17.5 Å². The number of fused-ring (bicyclic) bond motifs is 2. The van der Waals surface area contributed by atoms with Gasteiger partial charge in [0.25, 0.3) is 0 Å². The fraction of sp³-hybridized carbons (Fsp3) is 0.773. The average Bonchev–Trinajstić information content (AvgIpc) is 3.48. The van der Waals surface area contributed by atoms with Crippen LogP contribution in [0.5, 0.6) is 5.88 Å². The fourth-order valence-corrected chi connectivity index (χ4v) is 5.24. The van der Waals surface area contributed by atoms with E-state index in [1.54, 1.807) is 6.07 Å². The van der Waals surface area contributed by atoms with Crippen LogP contribution >= 0.6 is 11.6 Å². The van der Waals surface area contributed by atoms with E-state index in [0.29, 0.717) is 65.9 Å². The maximum atomic E-state index is 12.8. The van der Waals surface area contributed by atoms with E-state index in [-0.39, 0.29) is 0 Å². The van der Waals surface area contributed by atoms with Gasteiger partial charge >= 0.3 is 0 Å². The highest BCUT2D eigenvalue weighted by atomic mass is 35.5. The predicted octanol–water partition coefficient (Wildman–Crippen LogP) is 2.96. The van der Waals surface area contributed by atoms with E-state index in [4.69, 9.17) is 21.1 Å². The number of ether oxygens (including phenoxy) is 2. The van der Waals surface area contributed by atoms with Crippen molar-refractivity contribution in [3.63, 3.8) is 0 Å². The smallest absolute Gasteiger partial charge is 0.223 e. The van der Waals surface area contributed by atoms with Crippen LogP contribution in [0.1, 0.15) is 57.2 Å². The van der Waals surface area contributed by atoms with Gasteiger partial charge in [0, 0.05) is 36.5 Å². The van der Waals surface area contributed by atoms with Crippen LogP contribution in [0.25, 0.3) is 0 Å². The summed E-state index contributed by atoms with van der Waals surface area (Å²) in [5.41, 5.74) is 0. The van der Waals surface area contributed by atoms with Crippen LogP contribution in [0.2, 0.25) is 5.15 Å². The van der Waals surface area contributed by atoms with Gasteiger partial charge in [-0.05, 0) is 50.9 Å². The molecule has 4 heterocycles. The number of nitrogens with one attached hydrogen (secondary N) is 1. The van der Waals surface area contributed by atoms with Crippen molar-refractivity contribution < 1.29 is 14.3 Å². The summed E-state index contributed by atoms with van der Waals surface area (Å²) in [5.74, 6) is 2.66. The lowest BCUT2D eigenvalue weighted by Gasteiger charge is -2.49. The number of carbonyl (C=O) groups is 1. The minimum absolute atomic E-state index is 0.379. The van der Waals surface area contributed by atoms with Crippen LogP contribution in [0.3, 0.4) is 0 Å². The van der Waals surface area contributed by atoms with E-state index in [1.807, 2.05) is 0 Å². The molecule has 1 amide bonds. The number of hydrogen-bond donors (Lipinski definition) is 1. The van der Waals surface area contributed by atoms with Gasteiger partial charge in [0.15, 0.2) is 0 Å². The number of carbonyl (C=O) groups excluding carboxylic acids is 1. The van der Waals surface area contributed by atoms with Gasteiger partial charge < -0.3 is 19.7 Å².